The molecule has 0 aliphatic carbocycles. The summed E-state index contributed by atoms with van der Waals surface area (Å²) in [4.78, 5) is 87.5. The number of carboxylic acid groups (broad SMARTS) is 1. The van der Waals surface area contributed by atoms with Crippen LogP contribution >= 0.6 is 21.6 Å². The molecule has 344 valence electrons. The second kappa shape index (κ2) is 22.5. The van der Waals surface area contributed by atoms with Crippen LogP contribution in [0.15, 0.2) is 59.5 Å². The molecule has 0 saturated carbocycles. The summed E-state index contributed by atoms with van der Waals surface area (Å²) in [6, 6.07) is 12.8. The number of hydrogen-bond donors (Lipinski definition) is 7. The van der Waals surface area contributed by atoms with Gasteiger partial charge in [-0.2, -0.15) is 0 Å². The fourth-order valence-corrected chi connectivity index (χ4v) is 8.47. The quantitative estimate of drug-likeness (QED) is 0.0304. The van der Waals surface area contributed by atoms with Gasteiger partial charge in [-0.1, -0.05) is 67.0 Å². The number of benzene rings is 2. The Balaban J connectivity index is 0.890. The number of carboxylic acids is 1. The van der Waals surface area contributed by atoms with E-state index in [2.05, 4.69) is 52.7 Å². The Hall–Kier alpha value is -6.32. The second-order valence-electron chi connectivity index (χ2n) is 16.0. The van der Waals surface area contributed by atoms with Gasteiger partial charge in [-0.15, -0.1) is 0 Å². The van der Waals surface area contributed by atoms with E-state index in [0.717, 1.165) is 36.0 Å². The average molecular weight is 928 g/mol. The molecule has 0 bridgehead atoms. The number of aryl methyl sites for hydroxylation is 2. The van der Waals surface area contributed by atoms with Gasteiger partial charge in [-0.05, 0) is 50.1 Å². The molecule has 4 heterocycles. The lowest BCUT2D eigenvalue weighted by Crippen LogP contribution is -2.41. The standard InChI is InChI=1S/C44H53N11O8S2/c1-5-6-11-33-53-35-37(55(33)24-44(3,4)25-56)30-9-7-8-10-31(30)51-39(35)54-43(62)63-19-21-65-64-20-18-45-34(57)17-16-32(42(60)61)52-40(58)27-12-14-28(15-13-27)46-22-29-23-47-38-36(50-29)41(59)49-26(2)48-38/h7-10,12-15,23,32,46,56H,5-6,11,16-22,24-25H2,1-4H3,(H,45,57)(H,52,58)(H,60,61)(H,51,54,62)(H,47,48,49,59)/t32-/m1/s1. The number of amides is 3. The number of aliphatic carboxylic acids is 1. The van der Waals surface area contributed by atoms with Crippen molar-refractivity contribution in [2.24, 2.45) is 5.41 Å². The Morgan fingerprint density at radius 1 is 0.985 bits per heavy atom. The second-order valence-corrected chi connectivity index (χ2v) is 18.7. The number of pyridine rings is 1. The first-order valence-electron chi connectivity index (χ1n) is 21.2. The van der Waals surface area contributed by atoms with Gasteiger partial charge in [0.15, 0.2) is 17.0 Å². The molecule has 21 heteroatoms. The Morgan fingerprint density at radius 2 is 1.75 bits per heavy atom. The first kappa shape index (κ1) is 48.1. The number of aromatic amines is 1. The zero-order chi connectivity index (χ0) is 46.5. The van der Waals surface area contributed by atoms with Gasteiger partial charge in [0.2, 0.25) is 5.91 Å². The molecule has 7 N–H and O–H groups in total. The molecule has 4 aromatic heterocycles. The third-order valence-corrected chi connectivity index (χ3v) is 12.5. The fourth-order valence-electron chi connectivity index (χ4n) is 6.74. The van der Waals surface area contributed by atoms with Gasteiger partial charge in [0, 0.05) is 66.1 Å². The van der Waals surface area contributed by atoms with Crippen molar-refractivity contribution in [3.05, 3.63) is 88.0 Å². The summed E-state index contributed by atoms with van der Waals surface area (Å²) in [5.74, 6) is 0.424. The summed E-state index contributed by atoms with van der Waals surface area (Å²) < 4.78 is 7.61. The molecule has 0 spiro atoms. The molecule has 65 heavy (non-hydrogen) atoms. The minimum Gasteiger partial charge on any atom is -0.480 e. The van der Waals surface area contributed by atoms with E-state index >= 15 is 0 Å². The van der Waals surface area contributed by atoms with Gasteiger partial charge in [0.05, 0.1) is 29.5 Å². The van der Waals surface area contributed by atoms with E-state index in [9.17, 15) is 34.2 Å². The van der Waals surface area contributed by atoms with Crippen molar-refractivity contribution in [3.63, 3.8) is 0 Å². The number of anilines is 2. The Labute approximate surface area is 382 Å². The lowest BCUT2D eigenvalue weighted by atomic mass is 9.94. The van der Waals surface area contributed by atoms with Gasteiger partial charge in [0.1, 0.15) is 29.8 Å². The number of carbonyl (C=O) groups is 4. The van der Waals surface area contributed by atoms with Crippen LogP contribution in [0.25, 0.3) is 33.1 Å². The van der Waals surface area contributed by atoms with Gasteiger partial charge in [0.25, 0.3) is 11.5 Å². The number of unbranched alkanes of at least 4 members (excludes halogenated alkanes) is 1. The number of nitrogens with zero attached hydrogens (tertiary/aromatic N) is 6. The number of hydrogen-bond acceptors (Lipinski definition) is 15. The van der Waals surface area contributed by atoms with Crippen LogP contribution in [0.4, 0.5) is 16.3 Å². The number of aliphatic hydroxyl groups excluding tert-OH is 1. The van der Waals surface area contributed by atoms with Crippen LogP contribution in [0.3, 0.4) is 0 Å². The molecule has 6 rings (SSSR count). The van der Waals surface area contributed by atoms with Crippen molar-refractivity contribution >= 4 is 90.1 Å². The van der Waals surface area contributed by atoms with Crippen molar-refractivity contribution in [2.45, 2.75) is 78.9 Å². The zero-order valence-electron chi connectivity index (χ0n) is 36.6. The van der Waals surface area contributed by atoms with E-state index in [-0.39, 0.29) is 60.8 Å². The topological polar surface area (TPSA) is 268 Å². The van der Waals surface area contributed by atoms with Crippen molar-refractivity contribution in [1.82, 2.24) is 45.1 Å². The minimum atomic E-state index is -1.28. The van der Waals surface area contributed by atoms with Gasteiger partial charge in [-0.3, -0.25) is 19.7 Å². The van der Waals surface area contributed by atoms with Crippen molar-refractivity contribution in [3.8, 4) is 0 Å². The molecule has 6 aromatic rings. The fraction of sp³-hybridized carbons (Fsp3) is 0.409. The number of rotatable bonds is 23. The predicted octanol–water partition coefficient (Wildman–Crippen LogP) is 5.60. The molecule has 19 nitrogen and oxygen atoms in total. The highest BCUT2D eigenvalue weighted by molar-refractivity contribution is 8.76. The highest BCUT2D eigenvalue weighted by Gasteiger charge is 2.26. The molecular weight excluding hydrogens is 875 g/mol. The number of para-hydroxylation sites is 1. The maximum absolute atomic E-state index is 13.0. The number of imidazole rings is 1. The lowest BCUT2D eigenvalue weighted by Gasteiger charge is -2.24. The smallest absolute Gasteiger partial charge is 0.412 e. The van der Waals surface area contributed by atoms with Crippen molar-refractivity contribution in [2.75, 3.05) is 41.9 Å². The molecule has 0 unspecified atom stereocenters. The Morgan fingerprint density at radius 3 is 2.51 bits per heavy atom. The number of ether oxygens (including phenoxy) is 1. The Bertz CT molecular complexity index is 2710. The lowest BCUT2D eigenvalue weighted by molar-refractivity contribution is -0.139. The van der Waals surface area contributed by atoms with E-state index in [1.165, 1.54) is 39.9 Å². The normalized spacial score (nSPS) is 12.0. The van der Waals surface area contributed by atoms with E-state index < -0.39 is 29.4 Å². The third kappa shape index (κ3) is 13.1. The van der Waals surface area contributed by atoms with Crippen LogP contribution in [0.5, 0.6) is 0 Å². The van der Waals surface area contributed by atoms with Crippen LogP contribution in [0.1, 0.15) is 74.2 Å². The first-order chi connectivity index (χ1) is 31.2. The predicted molar refractivity (Wildman–Crippen MR) is 252 cm³/mol. The molecule has 0 aliphatic rings. The Kier molecular flexibility index (Phi) is 16.7. The van der Waals surface area contributed by atoms with Crippen LogP contribution in [-0.4, -0.2) is 106 Å². The molecular formula is C44H53N11O8S2. The highest BCUT2D eigenvalue weighted by Crippen LogP contribution is 2.33. The minimum absolute atomic E-state index is 0.000416. The van der Waals surface area contributed by atoms with Crippen molar-refractivity contribution < 1.29 is 34.1 Å². The van der Waals surface area contributed by atoms with Crippen LogP contribution in [-0.2, 0) is 33.8 Å². The summed E-state index contributed by atoms with van der Waals surface area (Å²) in [5, 5.41) is 31.9. The first-order valence-corrected chi connectivity index (χ1v) is 23.7. The molecule has 0 saturated heterocycles. The summed E-state index contributed by atoms with van der Waals surface area (Å²) in [7, 11) is 2.95. The maximum Gasteiger partial charge on any atom is 0.412 e. The summed E-state index contributed by atoms with van der Waals surface area (Å²) in [6.45, 7) is 9.01. The van der Waals surface area contributed by atoms with Gasteiger partial charge >= 0.3 is 12.1 Å². The highest BCUT2D eigenvalue weighted by atomic mass is 33.1. The number of H-pyrrole nitrogens is 1. The summed E-state index contributed by atoms with van der Waals surface area (Å²) >= 11 is 0. The number of aliphatic hydroxyl groups is 1. The summed E-state index contributed by atoms with van der Waals surface area (Å²) in [6.07, 6.45) is 3.30. The molecule has 3 amide bonds. The molecule has 0 aliphatic heterocycles. The van der Waals surface area contributed by atoms with E-state index in [1.807, 2.05) is 38.1 Å². The van der Waals surface area contributed by atoms with Crippen LogP contribution in [0, 0.1) is 12.3 Å². The van der Waals surface area contributed by atoms with Crippen LogP contribution in [0.2, 0.25) is 0 Å². The molecule has 0 fully saturated rings. The molecule has 0 radical (unpaired) electrons. The number of aromatic nitrogens is 7. The monoisotopic (exact) mass is 927 g/mol. The van der Waals surface area contributed by atoms with Gasteiger partial charge < -0.3 is 40.5 Å². The van der Waals surface area contributed by atoms with Crippen molar-refractivity contribution in [1.29, 1.82) is 0 Å². The SMILES string of the molecule is CCCCc1nc2c(NC(=O)OCCSSCCNC(=O)CC[C@@H](NC(=O)c3ccc(NCc4cnc5nc(C)[nH]c(=O)c5n4)cc3)C(=O)O)nc3ccccc3c2n1CC(C)(C)CO. The number of nitrogens with one attached hydrogen (secondary N) is 5. The summed E-state index contributed by atoms with van der Waals surface area (Å²) in [5.41, 5.74) is 3.08. The van der Waals surface area contributed by atoms with E-state index in [1.54, 1.807) is 19.1 Å². The molecule has 2 aromatic carbocycles. The largest absolute Gasteiger partial charge is 0.480 e. The van der Waals surface area contributed by atoms with E-state index in [0.29, 0.717) is 58.7 Å². The third-order valence-electron chi connectivity index (χ3n) is 10.1. The van der Waals surface area contributed by atoms with Gasteiger partial charge in [-0.25, -0.2) is 34.5 Å². The maximum atomic E-state index is 13.0. The molecule has 1 atom stereocenters. The zero-order valence-corrected chi connectivity index (χ0v) is 38.2. The van der Waals surface area contributed by atoms with E-state index in [4.69, 9.17) is 14.7 Å². The number of carbonyl (C=O) groups excluding carboxylic acids is 3. The number of fused-ring (bicyclic) bond motifs is 4. The van der Waals surface area contributed by atoms with Crippen LogP contribution < -0.4 is 26.8 Å². The average Bonchev–Trinajstić information content (AvgIpc) is 3.64.